The van der Waals surface area contributed by atoms with Crippen LogP contribution in [0.2, 0.25) is 0 Å². The van der Waals surface area contributed by atoms with E-state index in [1.807, 2.05) is 6.92 Å². The minimum absolute atomic E-state index is 0.0483. The number of furan rings is 2. The number of thioether (sulfide) groups is 1. The van der Waals surface area contributed by atoms with Crippen molar-refractivity contribution in [2.45, 2.75) is 25.1 Å². The molecule has 204 valence electrons. The van der Waals surface area contributed by atoms with Crippen molar-refractivity contribution in [3.05, 3.63) is 96.4 Å². The third-order valence-electron chi connectivity index (χ3n) is 5.82. The lowest BCUT2D eigenvalue weighted by molar-refractivity contribution is -0.128. The number of anilines is 1. The number of hydrogen-bond acceptors (Lipinski definition) is 8. The average Bonchev–Trinajstić information content (AvgIpc) is 3.70. The smallest absolute Gasteiger partial charge is 0.243 e. The van der Waals surface area contributed by atoms with Gasteiger partial charge in [-0.3, -0.25) is 14.5 Å². The van der Waals surface area contributed by atoms with E-state index in [1.54, 1.807) is 60.7 Å². The van der Waals surface area contributed by atoms with Crippen molar-refractivity contribution >= 4 is 40.6 Å². The van der Waals surface area contributed by atoms with E-state index in [2.05, 4.69) is 15.5 Å². The Kier molecular flexibility index (Phi) is 8.41. The van der Waals surface area contributed by atoms with Gasteiger partial charge in [-0.1, -0.05) is 11.8 Å². The van der Waals surface area contributed by atoms with Gasteiger partial charge in [-0.2, -0.15) is 5.10 Å². The molecule has 4 aromatic rings. The number of nitrogens with one attached hydrogen (secondary N) is 1. The quantitative estimate of drug-likeness (QED) is 0.190. The number of carbonyl (C=O) groups excluding carboxylic acids is 2. The monoisotopic (exact) mass is 560 g/mol. The maximum Gasteiger partial charge on any atom is 0.243 e. The Hall–Kier alpha value is -4.64. The normalized spacial score (nSPS) is 16.2. The van der Waals surface area contributed by atoms with Crippen LogP contribution in [0.1, 0.15) is 24.9 Å². The van der Waals surface area contributed by atoms with Gasteiger partial charge < -0.3 is 18.9 Å². The third-order valence-corrected chi connectivity index (χ3v) is 6.98. The highest BCUT2D eigenvalue weighted by Crippen LogP contribution is 2.32. The van der Waals surface area contributed by atoms with Crippen molar-refractivity contribution in [1.82, 2.24) is 4.90 Å². The van der Waals surface area contributed by atoms with E-state index in [1.165, 1.54) is 29.5 Å². The number of amidine groups is 1. The second-order valence-corrected chi connectivity index (χ2v) is 9.83. The molecule has 1 saturated heterocycles. The fourth-order valence-electron chi connectivity index (χ4n) is 3.93. The number of rotatable bonds is 10. The van der Waals surface area contributed by atoms with Crippen molar-refractivity contribution in [2.75, 3.05) is 11.9 Å². The molecule has 2 aromatic heterocycles. The van der Waals surface area contributed by atoms with Gasteiger partial charge in [0.05, 0.1) is 25.6 Å². The molecule has 1 unspecified atom stereocenters. The molecule has 0 bridgehead atoms. The van der Waals surface area contributed by atoms with E-state index in [9.17, 15) is 14.0 Å². The van der Waals surface area contributed by atoms with Crippen molar-refractivity contribution < 1.29 is 27.6 Å². The SMILES string of the molecule is CCOc1ccc(NC(=O)CC2S/C(=N\N=C\c3ccc(-c4ccc(F)cc4)o3)N(Cc3ccco3)C2=O)cc1. The van der Waals surface area contributed by atoms with Crippen LogP contribution in [0.4, 0.5) is 10.1 Å². The summed E-state index contributed by atoms with van der Waals surface area (Å²) in [5.41, 5.74) is 1.33. The van der Waals surface area contributed by atoms with Crippen LogP contribution in [0.25, 0.3) is 11.3 Å². The summed E-state index contributed by atoms with van der Waals surface area (Å²) in [5.74, 6) is 1.36. The van der Waals surface area contributed by atoms with Gasteiger partial charge in [-0.15, -0.1) is 5.10 Å². The Morgan fingerprint density at radius 1 is 1.12 bits per heavy atom. The first-order chi connectivity index (χ1) is 19.5. The summed E-state index contributed by atoms with van der Waals surface area (Å²) >= 11 is 1.16. The molecule has 1 atom stereocenters. The number of carbonyl (C=O) groups is 2. The van der Waals surface area contributed by atoms with Gasteiger partial charge in [-0.25, -0.2) is 4.39 Å². The van der Waals surface area contributed by atoms with Gasteiger partial charge in [0.1, 0.15) is 34.1 Å². The summed E-state index contributed by atoms with van der Waals surface area (Å²) in [6.07, 6.45) is 2.89. The number of benzene rings is 2. The fourth-order valence-corrected chi connectivity index (χ4v) is 5.02. The number of ether oxygens (including phenoxy) is 1. The standard InChI is InChI=1S/C29H25FN4O5S/c1-2-37-22-11-9-21(10-12-22)32-27(35)16-26-28(36)34(18-24-4-3-15-38-24)29(40-26)33-31-17-23-13-14-25(39-23)19-5-7-20(30)8-6-19/h3-15,17,26H,2,16,18H2,1H3,(H,32,35)/b31-17+,33-29-. The van der Waals surface area contributed by atoms with Crippen LogP contribution < -0.4 is 10.1 Å². The number of nitrogens with zero attached hydrogens (tertiary/aromatic N) is 3. The van der Waals surface area contributed by atoms with Gasteiger partial charge in [0.2, 0.25) is 11.8 Å². The third kappa shape index (κ3) is 6.67. The van der Waals surface area contributed by atoms with Crippen molar-refractivity contribution in [3.8, 4) is 17.1 Å². The zero-order chi connectivity index (χ0) is 27.9. The van der Waals surface area contributed by atoms with Crippen molar-refractivity contribution in [1.29, 1.82) is 0 Å². The molecule has 1 fully saturated rings. The molecule has 0 spiro atoms. The van der Waals surface area contributed by atoms with Gasteiger partial charge in [0, 0.05) is 17.7 Å². The van der Waals surface area contributed by atoms with Gasteiger partial charge in [-0.05, 0) is 79.7 Å². The van der Waals surface area contributed by atoms with Crippen LogP contribution in [0.15, 0.2) is 98.1 Å². The summed E-state index contributed by atoms with van der Waals surface area (Å²) in [7, 11) is 0. The fraction of sp³-hybridized carbons (Fsp3) is 0.172. The minimum Gasteiger partial charge on any atom is -0.494 e. The Morgan fingerprint density at radius 2 is 1.93 bits per heavy atom. The molecule has 40 heavy (non-hydrogen) atoms. The molecule has 1 aliphatic heterocycles. The zero-order valence-electron chi connectivity index (χ0n) is 21.5. The van der Waals surface area contributed by atoms with Crippen LogP contribution in [0.5, 0.6) is 5.75 Å². The molecular formula is C29H25FN4O5S. The van der Waals surface area contributed by atoms with Crippen LogP contribution in [-0.4, -0.2) is 40.0 Å². The maximum absolute atomic E-state index is 13.3. The molecule has 5 rings (SSSR count). The van der Waals surface area contributed by atoms with Gasteiger partial charge >= 0.3 is 0 Å². The molecule has 2 amide bonds. The van der Waals surface area contributed by atoms with Crippen molar-refractivity contribution in [3.63, 3.8) is 0 Å². The first kappa shape index (κ1) is 26.9. The predicted molar refractivity (Wildman–Crippen MR) is 151 cm³/mol. The second kappa shape index (κ2) is 12.5. The summed E-state index contributed by atoms with van der Waals surface area (Å²) < 4.78 is 29.8. The summed E-state index contributed by atoms with van der Waals surface area (Å²) in [6, 6.07) is 19.9. The van der Waals surface area contributed by atoms with Gasteiger partial charge in [0.15, 0.2) is 5.17 Å². The highest BCUT2D eigenvalue weighted by molar-refractivity contribution is 8.15. The van der Waals surface area contributed by atoms with E-state index in [4.69, 9.17) is 13.6 Å². The lowest BCUT2D eigenvalue weighted by atomic mass is 10.2. The molecule has 11 heteroatoms. The van der Waals surface area contributed by atoms with Gasteiger partial charge in [0.25, 0.3) is 0 Å². The lowest BCUT2D eigenvalue weighted by Gasteiger charge is -2.14. The van der Waals surface area contributed by atoms with E-state index in [0.717, 1.165) is 17.3 Å². The number of hydrogen-bond donors (Lipinski definition) is 1. The highest BCUT2D eigenvalue weighted by atomic mass is 32.2. The summed E-state index contributed by atoms with van der Waals surface area (Å²) in [6.45, 7) is 2.60. The van der Waals surface area contributed by atoms with E-state index < -0.39 is 5.25 Å². The summed E-state index contributed by atoms with van der Waals surface area (Å²) in [5, 5.41) is 10.8. The van der Waals surface area contributed by atoms with E-state index in [-0.39, 0.29) is 30.6 Å². The first-order valence-electron chi connectivity index (χ1n) is 12.5. The van der Waals surface area contributed by atoms with E-state index in [0.29, 0.717) is 40.5 Å². The Bertz CT molecular complexity index is 1510. The van der Waals surface area contributed by atoms with E-state index >= 15 is 0 Å². The average molecular weight is 561 g/mol. The van der Waals surface area contributed by atoms with Crippen LogP contribution in [-0.2, 0) is 16.1 Å². The van der Waals surface area contributed by atoms with Crippen LogP contribution in [0, 0.1) is 5.82 Å². The molecule has 1 aliphatic rings. The topological polar surface area (TPSA) is 110 Å². The number of amides is 2. The lowest BCUT2D eigenvalue weighted by Crippen LogP contribution is -2.33. The van der Waals surface area contributed by atoms with Crippen molar-refractivity contribution in [2.24, 2.45) is 10.2 Å². The molecule has 0 radical (unpaired) electrons. The Balaban J connectivity index is 1.27. The zero-order valence-corrected chi connectivity index (χ0v) is 22.3. The molecule has 9 nitrogen and oxygen atoms in total. The minimum atomic E-state index is -0.680. The summed E-state index contributed by atoms with van der Waals surface area (Å²) in [4.78, 5) is 27.4. The molecule has 0 saturated carbocycles. The molecule has 1 N–H and O–H groups in total. The Labute approximate surface area is 233 Å². The Morgan fingerprint density at radius 3 is 2.65 bits per heavy atom. The van der Waals surface area contributed by atoms with Crippen LogP contribution in [0.3, 0.4) is 0 Å². The highest BCUT2D eigenvalue weighted by Gasteiger charge is 2.39. The first-order valence-corrected chi connectivity index (χ1v) is 13.4. The molecule has 0 aliphatic carbocycles. The second-order valence-electron chi connectivity index (χ2n) is 8.66. The molecule has 3 heterocycles. The number of halogens is 1. The predicted octanol–water partition coefficient (Wildman–Crippen LogP) is 5.94. The van der Waals surface area contributed by atoms with Crippen LogP contribution >= 0.6 is 11.8 Å². The largest absolute Gasteiger partial charge is 0.494 e. The molecular weight excluding hydrogens is 535 g/mol. The maximum atomic E-state index is 13.3. The molecule has 2 aromatic carbocycles.